The minimum absolute atomic E-state index is 0.155. The highest BCUT2D eigenvalue weighted by Crippen LogP contribution is 2.19. The highest BCUT2D eigenvalue weighted by molar-refractivity contribution is 9.10. The van der Waals surface area contributed by atoms with E-state index in [0.29, 0.717) is 11.3 Å². The van der Waals surface area contributed by atoms with Crippen molar-refractivity contribution >= 4 is 39.3 Å². The fourth-order valence-electron chi connectivity index (χ4n) is 1.97. The van der Waals surface area contributed by atoms with Crippen LogP contribution >= 0.6 is 27.3 Å². The third kappa shape index (κ3) is 5.16. The monoisotopic (exact) mass is 382 g/mol. The summed E-state index contributed by atoms with van der Waals surface area (Å²) in [5, 5.41) is 15.8. The molecule has 0 radical (unpaired) electrons. The van der Waals surface area contributed by atoms with Gasteiger partial charge in [-0.1, -0.05) is 30.3 Å². The molecule has 7 heteroatoms. The van der Waals surface area contributed by atoms with Crippen molar-refractivity contribution in [3.8, 4) is 0 Å². The molecule has 0 spiro atoms. The van der Waals surface area contributed by atoms with E-state index in [1.807, 2.05) is 35.7 Å². The lowest BCUT2D eigenvalue weighted by molar-refractivity contribution is 0.0939. The van der Waals surface area contributed by atoms with Gasteiger partial charge >= 0.3 is 6.09 Å². The number of carboxylic acid groups (broad SMARTS) is 1. The van der Waals surface area contributed by atoms with Gasteiger partial charge in [0.25, 0.3) is 5.91 Å². The number of nitrogens with one attached hydrogen (secondary N) is 2. The minimum atomic E-state index is -1.11. The van der Waals surface area contributed by atoms with Gasteiger partial charge in [0.05, 0.1) is 10.9 Å². The second kappa shape index (κ2) is 7.95. The molecular formula is C15H15BrN2O3S. The molecule has 0 fully saturated rings. The molecule has 2 aromatic rings. The summed E-state index contributed by atoms with van der Waals surface area (Å²) in [6, 6.07) is 11.1. The van der Waals surface area contributed by atoms with E-state index < -0.39 is 6.09 Å². The lowest BCUT2D eigenvalue weighted by Crippen LogP contribution is -2.44. The number of rotatable bonds is 6. The van der Waals surface area contributed by atoms with Crippen molar-refractivity contribution in [3.05, 3.63) is 56.7 Å². The van der Waals surface area contributed by atoms with Crippen LogP contribution in [0.3, 0.4) is 0 Å². The van der Waals surface area contributed by atoms with Crippen LogP contribution in [0.15, 0.2) is 46.3 Å². The van der Waals surface area contributed by atoms with Gasteiger partial charge in [-0.05, 0) is 34.0 Å². The quantitative estimate of drug-likeness (QED) is 0.717. The molecule has 3 N–H and O–H groups in total. The molecule has 5 nitrogen and oxygen atoms in total. The van der Waals surface area contributed by atoms with Crippen LogP contribution < -0.4 is 10.6 Å². The third-order valence-corrected chi connectivity index (χ3v) is 4.64. The zero-order valence-electron chi connectivity index (χ0n) is 11.6. The Balaban J connectivity index is 2.03. The van der Waals surface area contributed by atoms with E-state index >= 15 is 0 Å². The van der Waals surface area contributed by atoms with E-state index in [4.69, 9.17) is 5.11 Å². The number of amides is 2. The van der Waals surface area contributed by atoms with Crippen molar-refractivity contribution in [1.82, 2.24) is 10.6 Å². The molecule has 1 aromatic heterocycles. The molecule has 0 saturated carbocycles. The molecule has 0 aliphatic rings. The van der Waals surface area contributed by atoms with Crippen LogP contribution in [0.25, 0.3) is 0 Å². The molecular weight excluding hydrogens is 368 g/mol. The average Bonchev–Trinajstić information content (AvgIpc) is 2.92. The van der Waals surface area contributed by atoms with Gasteiger partial charge in [0.2, 0.25) is 0 Å². The maximum absolute atomic E-state index is 12.2. The van der Waals surface area contributed by atoms with Gasteiger partial charge in [-0.15, -0.1) is 11.3 Å². The van der Waals surface area contributed by atoms with Crippen LogP contribution in [0, 0.1) is 0 Å². The molecule has 116 valence electrons. The Bertz CT molecular complexity index is 645. The number of benzene rings is 1. The van der Waals surface area contributed by atoms with Crippen molar-refractivity contribution < 1.29 is 14.7 Å². The zero-order chi connectivity index (χ0) is 15.9. The number of hydrogen-bond acceptors (Lipinski definition) is 3. The molecule has 22 heavy (non-hydrogen) atoms. The van der Waals surface area contributed by atoms with Crippen LogP contribution in [0.1, 0.15) is 15.2 Å². The fraction of sp³-hybridized carbons (Fsp3) is 0.200. The van der Waals surface area contributed by atoms with E-state index in [1.54, 1.807) is 6.07 Å². The summed E-state index contributed by atoms with van der Waals surface area (Å²) in [6.45, 7) is 0.155. The van der Waals surface area contributed by atoms with Crippen LogP contribution in [-0.2, 0) is 6.42 Å². The summed E-state index contributed by atoms with van der Waals surface area (Å²) >= 11 is 4.65. The average molecular weight is 383 g/mol. The molecule has 0 aliphatic carbocycles. The van der Waals surface area contributed by atoms with Gasteiger partial charge < -0.3 is 15.7 Å². The van der Waals surface area contributed by atoms with Crippen molar-refractivity contribution in [3.63, 3.8) is 0 Å². The molecule has 2 rings (SSSR count). The molecule has 1 atom stereocenters. The summed E-state index contributed by atoms with van der Waals surface area (Å²) in [5.74, 6) is -0.205. The predicted molar refractivity (Wildman–Crippen MR) is 89.4 cm³/mol. The van der Waals surface area contributed by atoms with Crippen LogP contribution in [-0.4, -0.2) is 29.7 Å². The Kier molecular flexibility index (Phi) is 5.97. The van der Waals surface area contributed by atoms with Crippen molar-refractivity contribution in [2.24, 2.45) is 0 Å². The smallest absolute Gasteiger partial charge is 0.404 e. The zero-order valence-corrected chi connectivity index (χ0v) is 14.0. The molecule has 1 heterocycles. The van der Waals surface area contributed by atoms with Crippen molar-refractivity contribution in [2.75, 3.05) is 6.54 Å². The van der Waals surface area contributed by atoms with Gasteiger partial charge in [-0.3, -0.25) is 4.79 Å². The Hall–Kier alpha value is -1.86. The summed E-state index contributed by atoms with van der Waals surface area (Å²) in [4.78, 5) is 23.5. The largest absolute Gasteiger partial charge is 0.465 e. The predicted octanol–water partition coefficient (Wildman–Crippen LogP) is 3.12. The highest BCUT2D eigenvalue weighted by atomic mass is 79.9. The van der Waals surface area contributed by atoms with E-state index in [1.165, 1.54) is 11.3 Å². The number of hydrogen-bond donors (Lipinski definition) is 3. The Morgan fingerprint density at radius 2 is 2.00 bits per heavy atom. The number of carbonyl (C=O) groups excluding carboxylic acids is 1. The summed E-state index contributed by atoms with van der Waals surface area (Å²) in [7, 11) is 0. The van der Waals surface area contributed by atoms with Crippen LogP contribution in [0.5, 0.6) is 0 Å². The standard InChI is InChI=1S/C15H15BrN2O3S/c16-11-7-13(22-9-11)14(19)18-12(8-17-15(20)21)6-10-4-2-1-3-5-10/h1-5,7,9,12,17H,6,8H2,(H,18,19)(H,20,21). The van der Waals surface area contributed by atoms with Gasteiger partial charge in [0.1, 0.15) is 0 Å². The van der Waals surface area contributed by atoms with Crippen molar-refractivity contribution in [2.45, 2.75) is 12.5 Å². The van der Waals surface area contributed by atoms with E-state index in [0.717, 1.165) is 10.0 Å². The fourth-order valence-corrected chi connectivity index (χ4v) is 3.30. The number of thiophene rings is 1. The summed E-state index contributed by atoms with van der Waals surface area (Å²) < 4.78 is 0.853. The molecule has 2 amide bonds. The Morgan fingerprint density at radius 3 is 2.59 bits per heavy atom. The Labute approximate surface area is 140 Å². The second-order valence-electron chi connectivity index (χ2n) is 4.68. The van der Waals surface area contributed by atoms with E-state index in [9.17, 15) is 9.59 Å². The van der Waals surface area contributed by atoms with Crippen molar-refractivity contribution in [1.29, 1.82) is 0 Å². The highest BCUT2D eigenvalue weighted by Gasteiger charge is 2.16. The maximum atomic E-state index is 12.2. The molecule has 1 unspecified atom stereocenters. The lowest BCUT2D eigenvalue weighted by Gasteiger charge is -2.18. The first-order chi connectivity index (χ1) is 10.5. The topological polar surface area (TPSA) is 78.4 Å². The third-order valence-electron chi connectivity index (χ3n) is 2.95. The molecule has 0 bridgehead atoms. The van der Waals surface area contributed by atoms with Gasteiger partial charge in [0.15, 0.2) is 0 Å². The maximum Gasteiger partial charge on any atom is 0.404 e. The molecule has 0 aliphatic heterocycles. The number of halogens is 1. The first-order valence-electron chi connectivity index (χ1n) is 6.60. The van der Waals surface area contributed by atoms with Crippen LogP contribution in [0.4, 0.5) is 4.79 Å². The second-order valence-corrected chi connectivity index (χ2v) is 6.50. The van der Waals surface area contributed by atoms with E-state index in [-0.39, 0.29) is 18.5 Å². The number of carbonyl (C=O) groups is 2. The van der Waals surface area contributed by atoms with Gasteiger partial charge in [-0.2, -0.15) is 0 Å². The van der Waals surface area contributed by atoms with Crippen LogP contribution in [0.2, 0.25) is 0 Å². The van der Waals surface area contributed by atoms with Gasteiger partial charge in [-0.25, -0.2) is 4.79 Å². The summed E-state index contributed by atoms with van der Waals surface area (Å²) in [5.41, 5.74) is 1.03. The molecule has 0 saturated heterocycles. The SMILES string of the molecule is O=C(O)NCC(Cc1ccccc1)NC(=O)c1cc(Br)cs1. The normalized spacial score (nSPS) is 11.7. The Morgan fingerprint density at radius 1 is 1.27 bits per heavy atom. The lowest BCUT2D eigenvalue weighted by atomic mass is 10.1. The van der Waals surface area contributed by atoms with E-state index in [2.05, 4.69) is 26.6 Å². The molecule has 1 aromatic carbocycles. The summed E-state index contributed by atoms with van der Waals surface area (Å²) in [6.07, 6.45) is -0.550. The van der Waals surface area contributed by atoms with Gasteiger partial charge in [0, 0.05) is 16.4 Å². The minimum Gasteiger partial charge on any atom is -0.465 e. The first kappa shape index (κ1) is 16.5. The first-order valence-corrected chi connectivity index (χ1v) is 8.27.